The van der Waals surface area contributed by atoms with Gasteiger partial charge in [0.1, 0.15) is 17.8 Å². The Morgan fingerprint density at radius 2 is 2.15 bits per heavy atom. The van der Waals surface area contributed by atoms with Crippen molar-refractivity contribution < 1.29 is 28.9 Å². The van der Waals surface area contributed by atoms with Gasteiger partial charge >= 0.3 is 11.9 Å². The van der Waals surface area contributed by atoms with Gasteiger partial charge in [-0.2, -0.15) is 0 Å². The maximum absolute atomic E-state index is 12.4. The first-order valence-electron chi connectivity index (χ1n) is 9.03. The van der Waals surface area contributed by atoms with Crippen molar-refractivity contribution in [1.29, 1.82) is 0 Å². The van der Waals surface area contributed by atoms with Crippen molar-refractivity contribution in [1.82, 2.24) is 0 Å². The molecule has 7 atom stereocenters. The van der Waals surface area contributed by atoms with Gasteiger partial charge in [-0.15, -0.1) is 0 Å². The van der Waals surface area contributed by atoms with Crippen molar-refractivity contribution in [3.8, 4) is 0 Å². The molecule has 1 spiro atoms. The minimum Gasteiger partial charge on any atom is -0.458 e. The summed E-state index contributed by atoms with van der Waals surface area (Å²) in [5.74, 6) is -1.67. The molecule has 2 aliphatic carbocycles. The van der Waals surface area contributed by atoms with Crippen LogP contribution in [0, 0.1) is 17.8 Å². The average molecular weight is 360 g/mol. The molecule has 1 N–H and O–H groups in total. The number of aliphatic hydroxyl groups is 1. The minimum absolute atomic E-state index is 0.160. The van der Waals surface area contributed by atoms with Crippen molar-refractivity contribution in [2.24, 2.45) is 17.8 Å². The second-order valence-electron chi connectivity index (χ2n) is 7.85. The predicted molar refractivity (Wildman–Crippen MR) is 91.9 cm³/mol. The van der Waals surface area contributed by atoms with Crippen LogP contribution in [-0.2, 0) is 23.8 Å². The lowest BCUT2D eigenvalue weighted by molar-refractivity contribution is -0.148. The Labute approximate surface area is 152 Å². The first-order valence-corrected chi connectivity index (χ1v) is 9.03. The molecular formula is C20H24O6. The zero-order chi connectivity index (χ0) is 18.8. The number of epoxide rings is 1. The number of ether oxygens (including phenoxy) is 3. The Morgan fingerprint density at radius 1 is 1.46 bits per heavy atom. The Balaban J connectivity index is 1.74. The van der Waals surface area contributed by atoms with E-state index in [1.165, 1.54) is 0 Å². The molecule has 0 aromatic rings. The fraction of sp³-hybridized carbons (Fsp3) is 0.600. The highest BCUT2D eigenvalue weighted by Gasteiger charge is 2.67. The molecule has 0 aromatic carbocycles. The fourth-order valence-electron chi connectivity index (χ4n) is 4.89. The molecule has 0 unspecified atom stereocenters. The van der Waals surface area contributed by atoms with E-state index < -0.39 is 41.8 Å². The molecular weight excluding hydrogens is 336 g/mol. The summed E-state index contributed by atoms with van der Waals surface area (Å²) >= 11 is 0. The van der Waals surface area contributed by atoms with Gasteiger partial charge in [0.15, 0.2) is 0 Å². The van der Waals surface area contributed by atoms with E-state index in [2.05, 4.69) is 6.58 Å². The standard InChI is InChI=1S/C20H24O6/c1-5-9(2)18(22)25-13-7-20(8-24-20)16-12(21)6-10(3)14(16)17-15(13)11(4)19(23)26-17/h5-6,12-17,21H,4,7-8H2,1-3H3/b9-5+/t12-,13-,14+,15-,16-,17-,20+/m1/s1. The van der Waals surface area contributed by atoms with Gasteiger partial charge in [0.05, 0.1) is 18.6 Å². The lowest BCUT2D eigenvalue weighted by Gasteiger charge is -2.30. The Kier molecular flexibility index (Phi) is 3.90. The molecule has 6 nitrogen and oxygen atoms in total. The van der Waals surface area contributed by atoms with Crippen LogP contribution >= 0.6 is 0 Å². The number of aliphatic hydroxyl groups excluding tert-OH is 1. The average Bonchev–Trinajstić information content (AvgIpc) is 3.23. The topological polar surface area (TPSA) is 85.4 Å². The van der Waals surface area contributed by atoms with Crippen molar-refractivity contribution in [3.63, 3.8) is 0 Å². The Hall–Kier alpha value is -1.92. The molecule has 2 heterocycles. The molecule has 0 aromatic heterocycles. The van der Waals surface area contributed by atoms with Crippen LogP contribution < -0.4 is 0 Å². The molecule has 0 amide bonds. The molecule has 0 radical (unpaired) electrons. The van der Waals surface area contributed by atoms with Crippen LogP contribution in [0.15, 0.2) is 35.5 Å². The highest BCUT2D eigenvalue weighted by molar-refractivity contribution is 5.91. The molecule has 4 rings (SSSR count). The van der Waals surface area contributed by atoms with Gasteiger partial charge in [0, 0.05) is 29.4 Å². The third-order valence-corrected chi connectivity index (χ3v) is 6.41. The fourth-order valence-corrected chi connectivity index (χ4v) is 4.89. The summed E-state index contributed by atoms with van der Waals surface area (Å²) in [5, 5.41) is 10.6. The van der Waals surface area contributed by atoms with Gasteiger partial charge in [0.2, 0.25) is 0 Å². The smallest absolute Gasteiger partial charge is 0.334 e. The molecule has 140 valence electrons. The van der Waals surface area contributed by atoms with E-state index in [9.17, 15) is 14.7 Å². The van der Waals surface area contributed by atoms with E-state index in [0.29, 0.717) is 24.2 Å². The van der Waals surface area contributed by atoms with E-state index in [1.807, 2.05) is 13.0 Å². The monoisotopic (exact) mass is 360 g/mol. The summed E-state index contributed by atoms with van der Waals surface area (Å²) < 4.78 is 17.3. The van der Waals surface area contributed by atoms with Crippen LogP contribution in [0.5, 0.6) is 0 Å². The zero-order valence-corrected chi connectivity index (χ0v) is 15.2. The van der Waals surface area contributed by atoms with E-state index >= 15 is 0 Å². The summed E-state index contributed by atoms with van der Waals surface area (Å²) in [6.07, 6.45) is 2.20. The lowest BCUT2D eigenvalue weighted by atomic mass is 9.77. The van der Waals surface area contributed by atoms with Crippen molar-refractivity contribution >= 4 is 11.9 Å². The zero-order valence-electron chi connectivity index (χ0n) is 15.2. The molecule has 26 heavy (non-hydrogen) atoms. The number of esters is 2. The number of fused-ring (bicyclic) bond motifs is 4. The molecule has 4 aliphatic rings. The first kappa shape index (κ1) is 17.5. The number of carbonyl (C=O) groups excluding carboxylic acids is 2. The van der Waals surface area contributed by atoms with Crippen molar-refractivity contribution in [2.45, 2.75) is 51.1 Å². The molecule has 1 saturated carbocycles. The van der Waals surface area contributed by atoms with Gasteiger partial charge < -0.3 is 19.3 Å². The second kappa shape index (κ2) is 5.79. The molecule has 2 saturated heterocycles. The van der Waals surface area contributed by atoms with Crippen LogP contribution in [-0.4, -0.2) is 47.6 Å². The largest absolute Gasteiger partial charge is 0.458 e. The SMILES string of the molecule is C=C1C(=O)O[C@@H]2[C@H]3C(C)=C[C@@H](O)[C@H]3[C@@]3(CO3)C[C@@H](OC(=O)/C(C)=C/C)[C@@H]12. The highest BCUT2D eigenvalue weighted by Crippen LogP contribution is 2.58. The van der Waals surface area contributed by atoms with Crippen LogP contribution in [0.4, 0.5) is 0 Å². The van der Waals surface area contributed by atoms with E-state index in [1.54, 1.807) is 19.9 Å². The Bertz CT molecular complexity index is 743. The normalized spacial score (nSPS) is 44.2. The van der Waals surface area contributed by atoms with Crippen LogP contribution in [0.3, 0.4) is 0 Å². The van der Waals surface area contributed by atoms with Crippen LogP contribution in [0.2, 0.25) is 0 Å². The maximum atomic E-state index is 12.4. The van der Waals surface area contributed by atoms with Gasteiger partial charge in [-0.3, -0.25) is 0 Å². The third-order valence-electron chi connectivity index (χ3n) is 6.41. The number of carbonyl (C=O) groups is 2. The van der Waals surface area contributed by atoms with Crippen molar-refractivity contribution in [2.75, 3.05) is 6.61 Å². The summed E-state index contributed by atoms with van der Waals surface area (Å²) in [6.45, 7) is 9.81. The number of rotatable bonds is 2. The molecule has 2 aliphatic heterocycles. The first-order chi connectivity index (χ1) is 12.3. The number of allylic oxidation sites excluding steroid dienone is 1. The third kappa shape index (κ3) is 2.39. The maximum Gasteiger partial charge on any atom is 0.334 e. The van der Waals surface area contributed by atoms with Crippen LogP contribution in [0.25, 0.3) is 0 Å². The molecule has 3 fully saturated rings. The van der Waals surface area contributed by atoms with Gasteiger partial charge in [-0.25, -0.2) is 9.59 Å². The minimum atomic E-state index is -0.664. The second-order valence-corrected chi connectivity index (χ2v) is 7.85. The molecule has 0 bridgehead atoms. The molecule has 6 heteroatoms. The number of hydrogen-bond acceptors (Lipinski definition) is 6. The summed E-state index contributed by atoms with van der Waals surface area (Å²) in [4.78, 5) is 24.6. The summed E-state index contributed by atoms with van der Waals surface area (Å²) in [7, 11) is 0. The summed E-state index contributed by atoms with van der Waals surface area (Å²) in [5.41, 5.74) is 1.26. The Morgan fingerprint density at radius 3 is 2.77 bits per heavy atom. The van der Waals surface area contributed by atoms with Crippen molar-refractivity contribution in [3.05, 3.63) is 35.5 Å². The van der Waals surface area contributed by atoms with Crippen LogP contribution in [0.1, 0.15) is 27.2 Å². The van der Waals surface area contributed by atoms with E-state index in [0.717, 1.165) is 5.57 Å². The quantitative estimate of drug-likeness (QED) is 0.349. The van der Waals surface area contributed by atoms with Gasteiger partial charge in [-0.1, -0.05) is 24.3 Å². The van der Waals surface area contributed by atoms with Gasteiger partial charge in [-0.05, 0) is 20.8 Å². The number of hydrogen-bond donors (Lipinski definition) is 1. The van der Waals surface area contributed by atoms with E-state index in [-0.39, 0.29) is 11.8 Å². The summed E-state index contributed by atoms with van der Waals surface area (Å²) in [6, 6.07) is 0. The highest BCUT2D eigenvalue weighted by atomic mass is 16.6. The lowest BCUT2D eigenvalue weighted by Crippen LogP contribution is -2.39. The van der Waals surface area contributed by atoms with E-state index in [4.69, 9.17) is 14.2 Å². The predicted octanol–water partition coefficient (Wildman–Crippen LogP) is 1.69. The van der Waals surface area contributed by atoms with Gasteiger partial charge in [0.25, 0.3) is 0 Å².